The molecule has 5 heteroatoms. The minimum absolute atomic E-state index is 0.0781. The molecular formula is C17H27N3O2. The molecule has 2 rings (SSSR count). The van der Waals surface area contributed by atoms with Crippen LogP contribution in [0.5, 0.6) is 0 Å². The van der Waals surface area contributed by atoms with Crippen molar-refractivity contribution >= 4 is 11.8 Å². The lowest BCUT2D eigenvalue weighted by atomic mass is 9.76. The minimum Gasteiger partial charge on any atom is -0.466 e. The Hall–Kier alpha value is -1.65. The molecule has 0 radical (unpaired) electrons. The highest BCUT2D eigenvalue weighted by molar-refractivity contribution is 5.79. The lowest BCUT2D eigenvalue weighted by Gasteiger charge is -2.31. The third kappa shape index (κ3) is 3.08. The van der Waals surface area contributed by atoms with Gasteiger partial charge >= 0.3 is 5.97 Å². The number of rotatable bonds is 5. The summed E-state index contributed by atoms with van der Waals surface area (Å²) >= 11 is 0. The second-order valence-corrected chi connectivity index (χ2v) is 6.63. The van der Waals surface area contributed by atoms with Crippen molar-refractivity contribution in [2.75, 3.05) is 24.6 Å². The van der Waals surface area contributed by atoms with E-state index in [2.05, 4.69) is 42.6 Å². The maximum atomic E-state index is 12.5. The van der Waals surface area contributed by atoms with Gasteiger partial charge in [-0.25, -0.2) is 9.97 Å². The zero-order valence-corrected chi connectivity index (χ0v) is 14.3. The van der Waals surface area contributed by atoms with E-state index in [1.165, 1.54) is 0 Å². The van der Waals surface area contributed by atoms with Gasteiger partial charge in [-0.05, 0) is 25.3 Å². The van der Waals surface area contributed by atoms with E-state index in [-0.39, 0.29) is 11.9 Å². The Bertz CT molecular complexity index is 530. The number of esters is 1. The van der Waals surface area contributed by atoms with E-state index < -0.39 is 5.41 Å². The molecule has 22 heavy (non-hydrogen) atoms. The van der Waals surface area contributed by atoms with Crippen LogP contribution in [0.2, 0.25) is 0 Å². The van der Waals surface area contributed by atoms with Crippen LogP contribution in [0.3, 0.4) is 0 Å². The van der Waals surface area contributed by atoms with Crippen LogP contribution in [0.1, 0.15) is 52.8 Å². The summed E-state index contributed by atoms with van der Waals surface area (Å²) in [7, 11) is 0. The van der Waals surface area contributed by atoms with Crippen LogP contribution in [0.25, 0.3) is 0 Å². The van der Waals surface area contributed by atoms with Crippen LogP contribution in [-0.4, -0.2) is 35.6 Å². The van der Waals surface area contributed by atoms with Gasteiger partial charge in [0.15, 0.2) is 0 Å². The van der Waals surface area contributed by atoms with Gasteiger partial charge in [-0.1, -0.05) is 27.7 Å². The van der Waals surface area contributed by atoms with Gasteiger partial charge in [-0.15, -0.1) is 0 Å². The highest BCUT2D eigenvalue weighted by Gasteiger charge is 2.48. The first kappa shape index (κ1) is 16.7. The van der Waals surface area contributed by atoms with E-state index >= 15 is 0 Å². The molecule has 1 aliphatic heterocycles. The Morgan fingerprint density at radius 3 is 2.73 bits per heavy atom. The summed E-state index contributed by atoms with van der Waals surface area (Å²) in [6.07, 6.45) is 2.61. The van der Waals surface area contributed by atoms with Crippen LogP contribution in [0, 0.1) is 11.3 Å². The third-order valence-electron chi connectivity index (χ3n) is 4.59. The average Bonchev–Trinajstić information content (AvgIpc) is 2.94. The van der Waals surface area contributed by atoms with Crippen molar-refractivity contribution in [1.82, 2.24) is 9.97 Å². The third-order valence-corrected chi connectivity index (χ3v) is 4.59. The smallest absolute Gasteiger partial charge is 0.314 e. The molecule has 122 valence electrons. The molecule has 0 amide bonds. The van der Waals surface area contributed by atoms with Gasteiger partial charge in [-0.3, -0.25) is 4.79 Å². The van der Waals surface area contributed by atoms with Crippen LogP contribution >= 0.6 is 0 Å². The maximum absolute atomic E-state index is 12.5. The van der Waals surface area contributed by atoms with Gasteiger partial charge < -0.3 is 9.64 Å². The standard InChI is InChI=1S/C17H27N3O2/c1-6-22-16(21)17(13(4)5)8-10-20(11-17)14-7-9-18-15(19-14)12(2)3/h7,9,12-13H,6,8,10-11H2,1-5H3. The molecule has 1 aliphatic rings. The Morgan fingerprint density at radius 1 is 1.41 bits per heavy atom. The molecular weight excluding hydrogens is 278 g/mol. The first-order valence-corrected chi connectivity index (χ1v) is 8.15. The van der Waals surface area contributed by atoms with Crippen molar-refractivity contribution in [2.24, 2.45) is 11.3 Å². The zero-order chi connectivity index (χ0) is 16.3. The number of hydrogen-bond acceptors (Lipinski definition) is 5. The number of aromatic nitrogens is 2. The van der Waals surface area contributed by atoms with Crippen molar-refractivity contribution in [2.45, 2.75) is 47.0 Å². The zero-order valence-electron chi connectivity index (χ0n) is 14.3. The van der Waals surface area contributed by atoms with Gasteiger partial charge in [0.2, 0.25) is 0 Å². The lowest BCUT2D eigenvalue weighted by molar-refractivity contribution is -0.156. The molecule has 0 N–H and O–H groups in total. The lowest BCUT2D eigenvalue weighted by Crippen LogP contribution is -2.40. The van der Waals surface area contributed by atoms with Gasteiger partial charge in [0.1, 0.15) is 11.6 Å². The van der Waals surface area contributed by atoms with Gasteiger partial charge in [0.25, 0.3) is 0 Å². The van der Waals surface area contributed by atoms with Gasteiger partial charge in [0, 0.05) is 25.2 Å². The van der Waals surface area contributed by atoms with E-state index in [1.807, 2.05) is 13.0 Å². The number of carbonyl (C=O) groups is 1. The second-order valence-electron chi connectivity index (χ2n) is 6.63. The van der Waals surface area contributed by atoms with Crippen molar-refractivity contribution in [3.8, 4) is 0 Å². The first-order chi connectivity index (χ1) is 10.4. The van der Waals surface area contributed by atoms with Crippen LogP contribution < -0.4 is 4.90 Å². The molecule has 2 heterocycles. The predicted molar refractivity (Wildman–Crippen MR) is 86.9 cm³/mol. The summed E-state index contributed by atoms with van der Waals surface area (Å²) in [6.45, 7) is 12.1. The normalized spacial score (nSPS) is 21.7. The van der Waals surface area contributed by atoms with Crippen LogP contribution in [-0.2, 0) is 9.53 Å². The Morgan fingerprint density at radius 2 is 2.14 bits per heavy atom. The maximum Gasteiger partial charge on any atom is 0.314 e. The topological polar surface area (TPSA) is 55.3 Å². The summed E-state index contributed by atoms with van der Waals surface area (Å²) in [5.74, 6) is 2.21. The fourth-order valence-electron chi connectivity index (χ4n) is 3.00. The van der Waals surface area contributed by atoms with E-state index in [9.17, 15) is 4.79 Å². The Labute approximate surface area is 133 Å². The number of nitrogens with zero attached hydrogens (tertiary/aromatic N) is 3. The van der Waals surface area contributed by atoms with E-state index in [1.54, 1.807) is 6.20 Å². The van der Waals surface area contributed by atoms with Crippen molar-refractivity contribution in [1.29, 1.82) is 0 Å². The summed E-state index contributed by atoms with van der Waals surface area (Å²) in [5, 5.41) is 0. The molecule has 1 saturated heterocycles. The monoisotopic (exact) mass is 305 g/mol. The SMILES string of the molecule is CCOC(=O)C1(C(C)C)CCN(c2ccnc(C(C)C)n2)C1. The number of ether oxygens (including phenoxy) is 1. The van der Waals surface area contributed by atoms with E-state index in [0.29, 0.717) is 19.1 Å². The molecule has 5 nitrogen and oxygen atoms in total. The Kier molecular flexibility index (Phi) is 5.04. The molecule has 0 aromatic carbocycles. The van der Waals surface area contributed by atoms with Crippen LogP contribution in [0.4, 0.5) is 5.82 Å². The second kappa shape index (κ2) is 6.63. The number of anilines is 1. The Balaban J connectivity index is 2.23. The molecule has 1 aromatic heterocycles. The fourth-order valence-corrected chi connectivity index (χ4v) is 3.00. The highest BCUT2D eigenvalue weighted by atomic mass is 16.5. The largest absolute Gasteiger partial charge is 0.466 e. The molecule has 0 aliphatic carbocycles. The molecule has 0 bridgehead atoms. The summed E-state index contributed by atoms with van der Waals surface area (Å²) < 4.78 is 5.34. The van der Waals surface area contributed by atoms with Crippen molar-refractivity contribution in [3.05, 3.63) is 18.1 Å². The molecule has 1 fully saturated rings. The summed E-state index contributed by atoms with van der Waals surface area (Å²) in [5.41, 5.74) is -0.432. The fraction of sp³-hybridized carbons (Fsp3) is 0.706. The van der Waals surface area contributed by atoms with Gasteiger partial charge in [0.05, 0.1) is 12.0 Å². The highest BCUT2D eigenvalue weighted by Crippen LogP contribution is 2.40. The predicted octanol–water partition coefficient (Wildman–Crippen LogP) is 3.02. The number of carbonyl (C=O) groups excluding carboxylic acids is 1. The quantitative estimate of drug-likeness (QED) is 0.783. The van der Waals surface area contributed by atoms with Crippen molar-refractivity contribution in [3.63, 3.8) is 0 Å². The molecule has 0 saturated carbocycles. The summed E-state index contributed by atoms with van der Waals surface area (Å²) in [6, 6.07) is 1.92. The van der Waals surface area contributed by atoms with E-state index in [0.717, 1.165) is 24.6 Å². The van der Waals surface area contributed by atoms with Crippen LogP contribution in [0.15, 0.2) is 12.3 Å². The summed E-state index contributed by atoms with van der Waals surface area (Å²) in [4.78, 5) is 23.6. The van der Waals surface area contributed by atoms with Crippen molar-refractivity contribution < 1.29 is 9.53 Å². The minimum atomic E-state index is -0.432. The molecule has 0 spiro atoms. The van der Waals surface area contributed by atoms with Gasteiger partial charge in [-0.2, -0.15) is 0 Å². The molecule has 1 atom stereocenters. The molecule has 1 aromatic rings. The average molecular weight is 305 g/mol. The van der Waals surface area contributed by atoms with E-state index in [4.69, 9.17) is 4.74 Å². The molecule has 1 unspecified atom stereocenters. The first-order valence-electron chi connectivity index (χ1n) is 8.15. The number of hydrogen-bond donors (Lipinski definition) is 0.